The molecule has 0 aliphatic heterocycles. The van der Waals surface area contributed by atoms with Crippen molar-refractivity contribution in [1.29, 1.82) is 0 Å². The van der Waals surface area contributed by atoms with Gasteiger partial charge in [0.1, 0.15) is 10.3 Å². The normalized spacial score (nSPS) is 11.3. The monoisotopic (exact) mass is 257 g/mol. The number of rotatable bonds is 2. The maximum absolute atomic E-state index is 12.1. The van der Waals surface area contributed by atoms with Crippen LogP contribution in [0.15, 0.2) is 16.7 Å². The zero-order valence-corrected chi connectivity index (χ0v) is 7.73. The fourth-order valence-electron chi connectivity index (χ4n) is 0.776. The third-order valence-corrected chi connectivity index (χ3v) is 1.72. The minimum absolute atomic E-state index is 0.0133. The van der Waals surface area contributed by atoms with Crippen molar-refractivity contribution in [1.82, 2.24) is 4.98 Å². The second kappa shape index (κ2) is 4.04. The molecule has 0 aliphatic rings. The van der Waals surface area contributed by atoms with Crippen molar-refractivity contribution >= 4 is 15.9 Å². The lowest BCUT2D eigenvalue weighted by Gasteiger charge is -2.03. The van der Waals surface area contributed by atoms with Crippen molar-refractivity contribution in [2.45, 2.75) is 12.9 Å². The minimum atomic E-state index is -2.84. The van der Waals surface area contributed by atoms with Crippen molar-refractivity contribution in [3.8, 4) is 0 Å². The molecule has 0 atom stereocenters. The van der Waals surface area contributed by atoms with Gasteiger partial charge in [0.05, 0.1) is 0 Å². The van der Waals surface area contributed by atoms with Crippen LogP contribution in [0.4, 0.5) is 17.6 Å². The number of alkyl halides is 4. The molecule has 0 bridgehead atoms. The Kier molecular flexibility index (Phi) is 3.24. The lowest BCUT2D eigenvalue weighted by molar-refractivity contribution is 0.140. The Morgan fingerprint density at radius 2 is 1.69 bits per heavy atom. The first kappa shape index (κ1) is 10.4. The fraction of sp³-hybridized carbons (Fsp3) is 0.286. The standard InChI is InChI=1S/C7H4BrF4N/c8-5-2-3(6(9)10)1-4(13-5)7(11)12/h1-2,6-7H. The number of hydrogen-bond acceptors (Lipinski definition) is 1. The van der Waals surface area contributed by atoms with E-state index in [4.69, 9.17) is 0 Å². The lowest BCUT2D eigenvalue weighted by Crippen LogP contribution is -1.94. The number of nitrogens with zero attached hydrogens (tertiary/aromatic N) is 1. The molecule has 0 amide bonds. The molecule has 0 spiro atoms. The quantitative estimate of drug-likeness (QED) is 0.581. The molecule has 0 unspecified atom stereocenters. The zero-order chi connectivity index (χ0) is 10.0. The van der Waals surface area contributed by atoms with Gasteiger partial charge in [-0.15, -0.1) is 0 Å². The Hall–Kier alpha value is -0.650. The van der Waals surface area contributed by atoms with Crippen LogP contribution >= 0.6 is 15.9 Å². The van der Waals surface area contributed by atoms with E-state index >= 15 is 0 Å². The van der Waals surface area contributed by atoms with E-state index in [1.165, 1.54) is 0 Å². The van der Waals surface area contributed by atoms with Crippen LogP contribution in [0.3, 0.4) is 0 Å². The summed E-state index contributed by atoms with van der Waals surface area (Å²) in [7, 11) is 0. The number of hydrogen-bond donors (Lipinski definition) is 0. The van der Waals surface area contributed by atoms with Gasteiger partial charge in [-0.3, -0.25) is 0 Å². The predicted octanol–water partition coefficient (Wildman–Crippen LogP) is 3.72. The fourth-order valence-corrected chi connectivity index (χ4v) is 1.24. The lowest BCUT2D eigenvalue weighted by atomic mass is 10.2. The van der Waals surface area contributed by atoms with E-state index in [2.05, 4.69) is 20.9 Å². The highest BCUT2D eigenvalue weighted by molar-refractivity contribution is 9.10. The SMILES string of the molecule is FC(F)c1cc(Br)nc(C(F)F)c1. The molecule has 1 rings (SSSR count). The van der Waals surface area contributed by atoms with Gasteiger partial charge < -0.3 is 0 Å². The van der Waals surface area contributed by atoms with E-state index in [-0.39, 0.29) is 4.60 Å². The second-order valence-corrected chi connectivity index (χ2v) is 3.06. The molecule has 1 aromatic heterocycles. The summed E-state index contributed by atoms with van der Waals surface area (Å²) in [5.41, 5.74) is -1.11. The third-order valence-electron chi connectivity index (χ3n) is 1.31. The second-order valence-electron chi connectivity index (χ2n) is 2.25. The summed E-state index contributed by atoms with van der Waals surface area (Å²) >= 11 is 2.77. The van der Waals surface area contributed by atoms with Gasteiger partial charge in [0.2, 0.25) is 0 Å². The first-order valence-electron chi connectivity index (χ1n) is 3.24. The van der Waals surface area contributed by atoms with Gasteiger partial charge in [-0.2, -0.15) is 0 Å². The molecular formula is C7H4BrF4N. The number of halogens is 5. The summed E-state index contributed by atoms with van der Waals surface area (Å²) in [5.74, 6) is 0. The van der Waals surface area contributed by atoms with E-state index in [1.54, 1.807) is 0 Å². The summed E-state index contributed by atoms with van der Waals surface area (Å²) < 4.78 is 48.3. The molecule has 13 heavy (non-hydrogen) atoms. The summed E-state index contributed by atoms with van der Waals surface area (Å²) in [6.07, 6.45) is -5.60. The average Bonchev–Trinajstić information content (AvgIpc) is 2.03. The van der Waals surface area contributed by atoms with Crippen LogP contribution in [0, 0.1) is 0 Å². The van der Waals surface area contributed by atoms with Crippen molar-refractivity contribution in [2.75, 3.05) is 0 Å². The van der Waals surface area contributed by atoms with Gasteiger partial charge in [-0.25, -0.2) is 22.5 Å². The Balaban J connectivity index is 3.11. The van der Waals surface area contributed by atoms with Gasteiger partial charge in [-0.05, 0) is 28.1 Å². The largest absolute Gasteiger partial charge is 0.280 e. The molecule has 1 heterocycles. The summed E-state index contributed by atoms with van der Waals surface area (Å²) in [5, 5.41) is 0. The van der Waals surface area contributed by atoms with Crippen LogP contribution in [0.25, 0.3) is 0 Å². The van der Waals surface area contributed by atoms with Gasteiger partial charge in [0.15, 0.2) is 0 Å². The Morgan fingerprint density at radius 3 is 2.15 bits per heavy atom. The summed E-state index contributed by atoms with van der Waals surface area (Å²) in [6.45, 7) is 0. The zero-order valence-electron chi connectivity index (χ0n) is 6.15. The van der Waals surface area contributed by atoms with E-state index in [1.807, 2.05) is 0 Å². The summed E-state index contributed by atoms with van der Waals surface area (Å²) in [4.78, 5) is 3.35. The van der Waals surface area contributed by atoms with Crippen LogP contribution < -0.4 is 0 Å². The van der Waals surface area contributed by atoms with Gasteiger partial charge in [0.25, 0.3) is 12.9 Å². The van der Waals surface area contributed by atoms with E-state index in [0.29, 0.717) is 6.07 Å². The van der Waals surface area contributed by atoms with E-state index < -0.39 is 24.1 Å². The van der Waals surface area contributed by atoms with Crippen LogP contribution in [-0.4, -0.2) is 4.98 Å². The minimum Gasteiger partial charge on any atom is -0.240 e. The molecule has 1 aromatic rings. The Bertz CT molecular complexity index is 276. The molecule has 0 fully saturated rings. The van der Waals surface area contributed by atoms with E-state index in [9.17, 15) is 17.6 Å². The van der Waals surface area contributed by atoms with Crippen LogP contribution in [-0.2, 0) is 0 Å². The molecule has 0 aromatic carbocycles. The van der Waals surface area contributed by atoms with Gasteiger partial charge >= 0.3 is 0 Å². The highest BCUT2D eigenvalue weighted by Crippen LogP contribution is 2.26. The topological polar surface area (TPSA) is 12.9 Å². The summed E-state index contributed by atoms with van der Waals surface area (Å²) in [6, 6.07) is 1.70. The maximum Gasteiger partial charge on any atom is 0.280 e. The highest BCUT2D eigenvalue weighted by Gasteiger charge is 2.15. The van der Waals surface area contributed by atoms with Crippen molar-refractivity contribution < 1.29 is 17.6 Å². The first-order valence-corrected chi connectivity index (χ1v) is 4.03. The molecule has 0 N–H and O–H groups in total. The predicted molar refractivity (Wildman–Crippen MR) is 41.9 cm³/mol. The van der Waals surface area contributed by atoms with Crippen molar-refractivity contribution in [2.24, 2.45) is 0 Å². The van der Waals surface area contributed by atoms with Crippen LogP contribution in [0.2, 0.25) is 0 Å². The maximum atomic E-state index is 12.1. The van der Waals surface area contributed by atoms with Crippen molar-refractivity contribution in [3.05, 3.63) is 28.0 Å². The van der Waals surface area contributed by atoms with Gasteiger partial charge in [0, 0.05) is 5.56 Å². The molecule has 1 nitrogen and oxygen atoms in total. The number of pyridine rings is 1. The molecule has 72 valence electrons. The molecule has 0 aliphatic carbocycles. The Morgan fingerprint density at radius 1 is 1.08 bits per heavy atom. The van der Waals surface area contributed by atoms with E-state index in [0.717, 1.165) is 6.07 Å². The molecule has 6 heteroatoms. The highest BCUT2D eigenvalue weighted by atomic mass is 79.9. The smallest absolute Gasteiger partial charge is 0.240 e. The third kappa shape index (κ3) is 2.65. The molecule has 0 saturated heterocycles. The Labute approximate surface area is 79.9 Å². The van der Waals surface area contributed by atoms with Crippen LogP contribution in [0.1, 0.15) is 24.1 Å². The van der Waals surface area contributed by atoms with Crippen molar-refractivity contribution in [3.63, 3.8) is 0 Å². The molecule has 0 saturated carbocycles. The first-order chi connectivity index (χ1) is 6.00. The molecular weight excluding hydrogens is 254 g/mol. The molecule has 0 radical (unpaired) electrons. The average molecular weight is 258 g/mol. The number of aromatic nitrogens is 1. The van der Waals surface area contributed by atoms with Gasteiger partial charge in [-0.1, -0.05) is 0 Å². The van der Waals surface area contributed by atoms with Crippen LogP contribution in [0.5, 0.6) is 0 Å².